The zero-order valence-corrected chi connectivity index (χ0v) is 17.8. The van der Waals surface area contributed by atoms with Crippen molar-refractivity contribution in [3.05, 3.63) is 58.2 Å². The van der Waals surface area contributed by atoms with E-state index < -0.39 is 0 Å². The monoisotopic (exact) mass is 422 g/mol. The number of ether oxygens (including phenoxy) is 2. The van der Waals surface area contributed by atoms with Crippen LogP contribution in [0.15, 0.2) is 28.8 Å². The lowest BCUT2D eigenvalue weighted by Gasteiger charge is -2.16. The largest absolute Gasteiger partial charge is 0.454 e. The Morgan fingerprint density at radius 2 is 2.03 bits per heavy atom. The molecule has 3 heterocycles. The highest BCUT2D eigenvalue weighted by Crippen LogP contribution is 2.34. The number of nitrogens with zero attached hydrogens (tertiary/aromatic N) is 3. The van der Waals surface area contributed by atoms with Crippen LogP contribution in [0.3, 0.4) is 0 Å². The van der Waals surface area contributed by atoms with Crippen LogP contribution in [-0.2, 0) is 25.8 Å². The van der Waals surface area contributed by atoms with E-state index in [4.69, 9.17) is 14.0 Å². The predicted molar refractivity (Wildman–Crippen MR) is 112 cm³/mol. The highest BCUT2D eigenvalue weighted by Gasteiger charge is 2.24. The van der Waals surface area contributed by atoms with Crippen molar-refractivity contribution in [3.63, 3.8) is 0 Å². The second kappa shape index (κ2) is 8.09. The van der Waals surface area contributed by atoms with E-state index in [1.807, 2.05) is 18.2 Å². The third-order valence-electron chi connectivity index (χ3n) is 6.10. The fourth-order valence-corrected chi connectivity index (χ4v) is 4.31. The van der Waals surface area contributed by atoms with Crippen molar-refractivity contribution in [2.45, 2.75) is 51.5 Å². The number of aromatic amines is 1. The number of hydrogen-bond acceptors (Lipinski definition) is 6. The van der Waals surface area contributed by atoms with Crippen molar-refractivity contribution in [2.75, 3.05) is 13.8 Å². The van der Waals surface area contributed by atoms with E-state index in [0.29, 0.717) is 6.54 Å². The van der Waals surface area contributed by atoms with E-state index in [-0.39, 0.29) is 24.4 Å². The molecule has 0 unspecified atom stereocenters. The van der Waals surface area contributed by atoms with Crippen LogP contribution in [0.1, 0.15) is 64.4 Å². The summed E-state index contributed by atoms with van der Waals surface area (Å²) in [6, 6.07) is 7.68. The molecule has 0 bridgehead atoms. The van der Waals surface area contributed by atoms with Gasteiger partial charge < -0.3 is 18.9 Å². The van der Waals surface area contributed by atoms with Crippen molar-refractivity contribution >= 4 is 5.91 Å². The second-order valence-corrected chi connectivity index (χ2v) is 8.40. The third kappa shape index (κ3) is 3.89. The summed E-state index contributed by atoms with van der Waals surface area (Å²) < 4.78 is 16.2. The first kappa shape index (κ1) is 19.7. The Morgan fingerprint density at radius 1 is 1.19 bits per heavy atom. The van der Waals surface area contributed by atoms with Crippen LogP contribution in [0.4, 0.5) is 0 Å². The molecule has 1 atom stereocenters. The summed E-state index contributed by atoms with van der Waals surface area (Å²) in [7, 11) is 1.77. The molecule has 1 amide bonds. The fourth-order valence-electron chi connectivity index (χ4n) is 4.31. The number of rotatable bonds is 6. The zero-order chi connectivity index (χ0) is 21.4. The van der Waals surface area contributed by atoms with E-state index in [1.54, 1.807) is 18.0 Å². The molecule has 3 aromatic rings. The van der Waals surface area contributed by atoms with Gasteiger partial charge in [-0.15, -0.1) is 0 Å². The average Bonchev–Trinajstić information content (AvgIpc) is 3.53. The fraction of sp³-hybridized carbons (Fsp3) is 0.435. The molecule has 0 saturated heterocycles. The summed E-state index contributed by atoms with van der Waals surface area (Å²) in [4.78, 5) is 14.5. The van der Waals surface area contributed by atoms with Crippen molar-refractivity contribution < 1.29 is 18.8 Å². The maximum atomic E-state index is 12.9. The number of amides is 1. The number of benzene rings is 1. The van der Waals surface area contributed by atoms with Crippen LogP contribution in [-0.4, -0.2) is 40.0 Å². The van der Waals surface area contributed by atoms with Gasteiger partial charge in [0, 0.05) is 24.7 Å². The van der Waals surface area contributed by atoms with Gasteiger partial charge in [0.15, 0.2) is 11.5 Å². The van der Waals surface area contributed by atoms with Crippen LogP contribution < -0.4 is 9.47 Å². The molecule has 1 aliphatic carbocycles. The number of nitrogens with one attached hydrogen (secondary N) is 1. The van der Waals surface area contributed by atoms with Gasteiger partial charge in [-0.05, 0) is 55.4 Å². The first-order chi connectivity index (χ1) is 15.1. The number of hydrogen-bond donors (Lipinski definition) is 1. The van der Waals surface area contributed by atoms with Crippen LogP contribution in [0.2, 0.25) is 0 Å². The Balaban J connectivity index is 1.24. The Labute approximate surface area is 180 Å². The van der Waals surface area contributed by atoms with E-state index in [0.717, 1.165) is 47.7 Å². The standard InChI is InChI=1S/C23H26N4O4/c1-14(9-15-7-8-20-21(10-15)30-13-29-20)18-11-22(31-26-18)23(28)27(2)12-19-16-5-3-4-6-17(16)24-25-19/h7-8,10-11,14H,3-6,9,12-13H2,1-2H3,(H,24,25)/t14-/m1/s1. The Bertz CT molecular complexity index is 1100. The zero-order valence-electron chi connectivity index (χ0n) is 17.8. The molecule has 0 fully saturated rings. The Kier molecular flexibility index (Phi) is 5.13. The van der Waals surface area contributed by atoms with Crippen molar-refractivity contribution in [2.24, 2.45) is 0 Å². The van der Waals surface area contributed by atoms with Gasteiger partial charge in [0.2, 0.25) is 12.6 Å². The number of H-pyrrole nitrogens is 1. The normalized spacial score (nSPS) is 15.5. The lowest BCUT2D eigenvalue weighted by Crippen LogP contribution is -2.26. The molecule has 2 aliphatic rings. The molecule has 31 heavy (non-hydrogen) atoms. The molecule has 1 aromatic carbocycles. The van der Waals surface area contributed by atoms with Gasteiger partial charge in [0.1, 0.15) is 0 Å². The molecule has 0 radical (unpaired) electrons. The van der Waals surface area contributed by atoms with Crippen molar-refractivity contribution in [1.82, 2.24) is 20.3 Å². The number of carbonyl (C=O) groups is 1. The maximum Gasteiger partial charge on any atom is 0.292 e. The summed E-state index contributed by atoms with van der Waals surface area (Å²) in [6.45, 7) is 2.78. The molecular formula is C23H26N4O4. The van der Waals surface area contributed by atoms with Crippen LogP contribution in [0.5, 0.6) is 11.5 Å². The predicted octanol–water partition coefficient (Wildman–Crippen LogP) is 3.62. The molecule has 1 aliphatic heterocycles. The van der Waals surface area contributed by atoms with Gasteiger partial charge in [-0.25, -0.2) is 0 Å². The van der Waals surface area contributed by atoms with Crippen LogP contribution in [0.25, 0.3) is 0 Å². The van der Waals surface area contributed by atoms with Crippen molar-refractivity contribution in [1.29, 1.82) is 0 Å². The van der Waals surface area contributed by atoms with Crippen LogP contribution in [0, 0.1) is 0 Å². The van der Waals surface area contributed by atoms with Gasteiger partial charge in [-0.3, -0.25) is 9.89 Å². The van der Waals surface area contributed by atoms with Crippen molar-refractivity contribution in [3.8, 4) is 11.5 Å². The average molecular weight is 422 g/mol. The molecule has 8 heteroatoms. The molecule has 0 saturated carbocycles. The Morgan fingerprint density at radius 3 is 2.94 bits per heavy atom. The second-order valence-electron chi connectivity index (χ2n) is 8.40. The molecule has 2 aromatic heterocycles. The molecule has 8 nitrogen and oxygen atoms in total. The number of fused-ring (bicyclic) bond motifs is 2. The van der Waals surface area contributed by atoms with Gasteiger partial charge in [0.05, 0.1) is 17.9 Å². The molecule has 1 N–H and O–H groups in total. The number of aryl methyl sites for hydroxylation is 1. The first-order valence-electron chi connectivity index (χ1n) is 10.7. The number of carbonyl (C=O) groups excluding carboxylic acids is 1. The van der Waals surface area contributed by atoms with E-state index in [9.17, 15) is 4.79 Å². The van der Waals surface area contributed by atoms with Gasteiger partial charge >= 0.3 is 0 Å². The summed E-state index contributed by atoms with van der Waals surface area (Å²) in [6.07, 6.45) is 5.17. The molecule has 5 rings (SSSR count). The van der Waals surface area contributed by atoms with E-state index in [1.165, 1.54) is 24.1 Å². The topological polar surface area (TPSA) is 93.5 Å². The summed E-state index contributed by atoms with van der Waals surface area (Å²) in [5, 5.41) is 11.7. The SMILES string of the molecule is C[C@H](Cc1ccc2c(c1)OCO2)c1cc(C(=O)N(C)Cc2n[nH]c3c2CCCC3)on1. The minimum atomic E-state index is -0.193. The molecular weight excluding hydrogens is 396 g/mol. The van der Waals surface area contributed by atoms with Gasteiger partial charge in [-0.2, -0.15) is 5.10 Å². The number of aromatic nitrogens is 3. The lowest BCUT2D eigenvalue weighted by atomic mass is 9.96. The summed E-state index contributed by atoms with van der Waals surface area (Å²) >= 11 is 0. The highest BCUT2D eigenvalue weighted by molar-refractivity contribution is 5.91. The Hall–Kier alpha value is -3.29. The minimum absolute atomic E-state index is 0.0920. The minimum Gasteiger partial charge on any atom is -0.454 e. The molecule has 162 valence electrons. The van der Waals surface area contributed by atoms with E-state index in [2.05, 4.69) is 22.3 Å². The lowest BCUT2D eigenvalue weighted by molar-refractivity contribution is 0.0741. The highest BCUT2D eigenvalue weighted by atomic mass is 16.7. The summed E-state index contributed by atoms with van der Waals surface area (Å²) in [5.41, 5.74) is 5.30. The van der Waals surface area contributed by atoms with Gasteiger partial charge in [0.25, 0.3) is 5.91 Å². The van der Waals surface area contributed by atoms with Gasteiger partial charge in [-0.1, -0.05) is 18.1 Å². The maximum absolute atomic E-state index is 12.9. The smallest absolute Gasteiger partial charge is 0.292 e. The first-order valence-corrected chi connectivity index (χ1v) is 10.7. The van der Waals surface area contributed by atoms with Crippen LogP contribution >= 0.6 is 0 Å². The quantitative estimate of drug-likeness (QED) is 0.652. The van der Waals surface area contributed by atoms with E-state index >= 15 is 0 Å². The third-order valence-corrected chi connectivity index (χ3v) is 6.10. The molecule has 0 spiro atoms. The summed E-state index contributed by atoms with van der Waals surface area (Å²) in [5.74, 6) is 1.69.